The van der Waals surface area contributed by atoms with Gasteiger partial charge in [-0.3, -0.25) is 4.90 Å². The van der Waals surface area contributed by atoms with E-state index in [1.807, 2.05) is 13.8 Å². The molecule has 0 aliphatic carbocycles. The van der Waals surface area contributed by atoms with Gasteiger partial charge in [0.25, 0.3) is 0 Å². The molecule has 6 nitrogen and oxygen atoms in total. The Morgan fingerprint density at radius 2 is 1.31 bits per heavy atom. The zero-order valence-corrected chi connectivity index (χ0v) is 27.5. The molecule has 0 N–H and O–H groups in total. The van der Waals surface area contributed by atoms with Gasteiger partial charge in [0.05, 0.1) is 24.4 Å². The lowest BCUT2D eigenvalue weighted by atomic mass is 9.93. The summed E-state index contributed by atoms with van der Waals surface area (Å²) < 4.78 is 41.6. The molecule has 0 radical (unpaired) electrons. The molecule has 0 amide bonds. The predicted octanol–water partition coefficient (Wildman–Crippen LogP) is 5.65. The van der Waals surface area contributed by atoms with Gasteiger partial charge in [-0.15, -0.1) is 0 Å². The highest BCUT2D eigenvalue weighted by Crippen LogP contribution is 2.26. The van der Waals surface area contributed by atoms with Crippen molar-refractivity contribution in [2.45, 2.75) is 129 Å². The molecule has 4 rings (SSSR count). The average Bonchev–Trinajstić information content (AvgIpc) is 2.96. The molecule has 8 heteroatoms. The number of alkyl halides is 2. The zero-order chi connectivity index (χ0) is 29.9. The quantitative estimate of drug-likeness (QED) is 0.227. The summed E-state index contributed by atoms with van der Waals surface area (Å²) >= 11 is 0. The first-order valence-corrected chi connectivity index (χ1v) is 17.8. The minimum Gasteiger partial charge on any atom is -0.372 e. The van der Waals surface area contributed by atoms with Crippen molar-refractivity contribution in [3.8, 4) is 0 Å². The van der Waals surface area contributed by atoms with Crippen molar-refractivity contribution in [2.24, 2.45) is 11.8 Å². The fourth-order valence-corrected chi connectivity index (χ4v) is 7.83. The molecular formula is C34H64F2N4O2. The molecule has 5 unspecified atom stereocenters. The number of hydrogen-bond acceptors (Lipinski definition) is 6. The Bertz CT molecular complexity index is 732. The molecule has 246 valence electrons. The Labute approximate surface area is 256 Å². The van der Waals surface area contributed by atoms with Crippen molar-refractivity contribution in [1.82, 2.24) is 19.6 Å². The maximum absolute atomic E-state index is 15.0. The number of hydrogen-bond donors (Lipinski definition) is 0. The van der Waals surface area contributed by atoms with E-state index < -0.39 is 12.3 Å². The lowest BCUT2D eigenvalue weighted by Gasteiger charge is -2.39. The summed E-state index contributed by atoms with van der Waals surface area (Å²) in [5, 5.41) is 0. The summed E-state index contributed by atoms with van der Waals surface area (Å²) in [5.41, 5.74) is 0. The molecule has 4 saturated heterocycles. The Morgan fingerprint density at radius 1 is 0.690 bits per heavy atom. The van der Waals surface area contributed by atoms with Crippen LogP contribution >= 0.6 is 0 Å². The van der Waals surface area contributed by atoms with Crippen LogP contribution in [0.3, 0.4) is 0 Å². The molecule has 4 heterocycles. The number of ether oxygens (including phenoxy) is 2. The second-order valence-electron chi connectivity index (χ2n) is 14.5. The SMILES string of the molecule is CCCN1CCC(OC2CCN(CCCCC(C)CN3CCC(CN4CCC(OC(C)C)C(F)C4)CC3)CC2F)CC1. The van der Waals surface area contributed by atoms with Crippen LogP contribution in [0.4, 0.5) is 8.78 Å². The monoisotopic (exact) mass is 598 g/mol. The largest absolute Gasteiger partial charge is 0.372 e. The molecule has 42 heavy (non-hydrogen) atoms. The van der Waals surface area contributed by atoms with Crippen molar-refractivity contribution in [3.63, 3.8) is 0 Å². The third-order valence-electron chi connectivity index (χ3n) is 10.2. The van der Waals surface area contributed by atoms with Gasteiger partial charge in [-0.25, -0.2) is 8.78 Å². The molecule has 0 aromatic rings. The van der Waals surface area contributed by atoms with Gasteiger partial charge in [-0.05, 0) is 110 Å². The van der Waals surface area contributed by atoms with Crippen LogP contribution in [0.25, 0.3) is 0 Å². The fraction of sp³-hybridized carbons (Fsp3) is 1.00. The highest BCUT2D eigenvalue weighted by atomic mass is 19.1. The molecule has 0 spiro atoms. The van der Waals surface area contributed by atoms with Gasteiger partial charge in [0.1, 0.15) is 12.3 Å². The molecule has 4 fully saturated rings. The maximum atomic E-state index is 15.0. The van der Waals surface area contributed by atoms with Gasteiger partial charge >= 0.3 is 0 Å². The lowest BCUT2D eigenvalue weighted by molar-refractivity contribution is -0.0985. The number of piperidine rings is 4. The van der Waals surface area contributed by atoms with Crippen LogP contribution in [-0.4, -0.2) is 135 Å². The van der Waals surface area contributed by atoms with Gasteiger partial charge < -0.3 is 24.2 Å². The van der Waals surface area contributed by atoms with Gasteiger partial charge in [-0.1, -0.05) is 20.3 Å². The smallest absolute Gasteiger partial charge is 0.139 e. The standard InChI is InChI=1S/C34H64F2N4O2/c1-5-15-37-19-11-30(12-20-37)42-34-13-21-38(25-31(34)35)16-7-6-8-28(4)23-39-17-9-29(10-18-39)24-40-22-14-33(32(36)26-40)41-27(2)3/h27-34H,5-26H2,1-4H3. The van der Waals surface area contributed by atoms with E-state index in [4.69, 9.17) is 9.47 Å². The van der Waals surface area contributed by atoms with Crippen LogP contribution in [0.15, 0.2) is 0 Å². The van der Waals surface area contributed by atoms with Crippen LogP contribution in [-0.2, 0) is 9.47 Å². The number of nitrogens with zero attached hydrogens (tertiary/aromatic N) is 4. The van der Waals surface area contributed by atoms with Crippen LogP contribution in [0, 0.1) is 11.8 Å². The van der Waals surface area contributed by atoms with E-state index in [2.05, 4.69) is 33.4 Å². The molecule has 5 atom stereocenters. The van der Waals surface area contributed by atoms with E-state index in [-0.39, 0.29) is 24.4 Å². The first kappa shape index (κ1) is 34.5. The summed E-state index contributed by atoms with van der Waals surface area (Å²) in [6.07, 6.45) is 9.27. The van der Waals surface area contributed by atoms with Crippen LogP contribution in [0.2, 0.25) is 0 Å². The lowest BCUT2D eigenvalue weighted by Crippen LogP contribution is -2.49. The third kappa shape index (κ3) is 11.5. The highest BCUT2D eigenvalue weighted by molar-refractivity contribution is 4.85. The first-order chi connectivity index (χ1) is 20.3. The first-order valence-electron chi connectivity index (χ1n) is 17.8. The molecule has 0 aromatic heterocycles. The zero-order valence-electron chi connectivity index (χ0n) is 27.5. The second kappa shape index (κ2) is 17.9. The summed E-state index contributed by atoms with van der Waals surface area (Å²) in [5.74, 6) is 1.39. The van der Waals surface area contributed by atoms with Crippen LogP contribution < -0.4 is 0 Å². The van der Waals surface area contributed by atoms with Gasteiger partial charge in [0.15, 0.2) is 0 Å². The number of unbranched alkanes of at least 4 members (excludes halogenated alkanes) is 1. The Kier molecular flexibility index (Phi) is 14.7. The summed E-state index contributed by atoms with van der Waals surface area (Å²) in [7, 11) is 0. The fourth-order valence-electron chi connectivity index (χ4n) is 7.83. The van der Waals surface area contributed by atoms with E-state index in [0.29, 0.717) is 24.9 Å². The van der Waals surface area contributed by atoms with Crippen molar-refractivity contribution in [1.29, 1.82) is 0 Å². The Hall–Kier alpha value is -0.380. The Balaban J connectivity index is 1.01. The number of halogens is 2. The topological polar surface area (TPSA) is 31.4 Å². The van der Waals surface area contributed by atoms with Crippen LogP contribution in [0.5, 0.6) is 0 Å². The molecule has 4 aliphatic heterocycles. The maximum Gasteiger partial charge on any atom is 0.139 e. The van der Waals surface area contributed by atoms with E-state index in [1.165, 1.54) is 58.3 Å². The summed E-state index contributed by atoms with van der Waals surface area (Å²) in [4.78, 5) is 9.83. The summed E-state index contributed by atoms with van der Waals surface area (Å²) in [6, 6.07) is 0. The van der Waals surface area contributed by atoms with Crippen molar-refractivity contribution >= 4 is 0 Å². The van der Waals surface area contributed by atoms with Crippen molar-refractivity contribution in [2.75, 3.05) is 78.5 Å². The number of rotatable bonds is 15. The van der Waals surface area contributed by atoms with Gasteiger partial charge in [0, 0.05) is 52.4 Å². The molecular weight excluding hydrogens is 534 g/mol. The molecule has 0 aromatic carbocycles. The molecule has 0 saturated carbocycles. The Morgan fingerprint density at radius 3 is 1.98 bits per heavy atom. The van der Waals surface area contributed by atoms with E-state index in [0.717, 1.165) is 71.4 Å². The number of likely N-dealkylation sites (tertiary alicyclic amines) is 4. The van der Waals surface area contributed by atoms with Gasteiger partial charge in [-0.2, -0.15) is 0 Å². The third-order valence-corrected chi connectivity index (χ3v) is 10.2. The predicted molar refractivity (Wildman–Crippen MR) is 169 cm³/mol. The minimum atomic E-state index is -0.857. The van der Waals surface area contributed by atoms with Crippen molar-refractivity contribution in [3.05, 3.63) is 0 Å². The molecule has 0 bridgehead atoms. The van der Waals surface area contributed by atoms with Gasteiger partial charge in [0.2, 0.25) is 0 Å². The van der Waals surface area contributed by atoms with E-state index in [9.17, 15) is 8.78 Å². The van der Waals surface area contributed by atoms with Crippen LogP contribution in [0.1, 0.15) is 91.9 Å². The molecule has 4 aliphatic rings. The minimum absolute atomic E-state index is 0.0993. The second-order valence-corrected chi connectivity index (χ2v) is 14.5. The normalized spacial score (nSPS) is 31.2. The average molecular weight is 599 g/mol. The van der Waals surface area contributed by atoms with E-state index in [1.54, 1.807) is 0 Å². The summed E-state index contributed by atoms with van der Waals surface area (Å²) in [6.45, 7) is 20.6. The van der Waals surface area contributed by atoms with Crippen molar-refractivity contribution < 1.29 is 18.3 Å². The highest BCUT2D eigenvalue weighted by Gasteiger charge is 2.34. The van der Waals surface area contributed by atoms with E-state index >= 15 is 0 Å².